The highest BCUT2D eigenvalue weighted by atomic mass is 35.5. The standard InChI is InChI=1S/C17H13ClFNO/c1-10-2-3-11-8-12(4-7-16(11)20-10)17(21)14-6-5-13(18)9-15(14)19/h2-9,17,21H,1H3. The number of hydrogen-bond acceptors (Lipinski definition) is 2. The van der Waals surface area contributed by atoms with Crippen LogP contribution in [-0.2, 0) is 0 Å². The molecule has 1 aromatic heterocycles. The molecule has 1 atom stereocenters. The zero-order chi connectivity index (χ0) is 15.0. The van der Waals surface area contributed by atoms with E-state index in [9.17, 15) is 9.50 Å². The maximum absolute atomic E-state index is 13.9. The molecule has 0 aliphatic rings. The first-order valence-electron chi connectivity index (χ1n) is 6.55. The Hall–Kier alpha value is -1.97. The zero-order valence-corrected chi connectivity index (χ0v) is 12.1. The molecule has 2 aromatic carbocycles. The molecule has 3 rings (SSSR count). The van der Waals surface area contributed by atoms with Gasteiger partial charge >= 0.3 is 0 Å². The molecule has 0 aliphatic heterocycles. The molecule has 0 radical (unpaired) electrons. The highest BCUT2D eigenvalue weighted by Gasteiger charge is 2.15. The number of aliphatic hydroxyl groups excluding tert-OH is 1. The Kier molecular flexibility index (Phi) is 3.62. The van der Waals surface area contributed by atoms with Crippen molar-refractivity contribution in [2.75, 3.05) is 0 Å². The number of pyridine rings is 1. The van der Waals surface area contributed by atoms with Crippen molar-refractivity contribution in [1.29, 1.82) is 0 Å². The fourth-order valence-corrected chi connectivity index (χ4v) is 2.48. The number of aromatic nitrogens is 1. The van der Waals surface area contributed by atoms with Gasteiger partial charge in [-0.15, -0.1) is 0 Å². The summed E-state index contributed by atoms with van der Waals surface area (Å²) < 4.78 is 13.9. The summed E-state index contributed by atoms with van der Waals surface area (Å²) in [5, 5.41) is 11.6. The van der Waals surface area contributed by atoms with E-state index in [1.165, 1.54) is 12.1 Å². The lowest BCUT2D eigenvalue weighted by atomic mass is 9.99. The van der Waals surface area contributed by atoms with Crippen LogP contribution in [0.5, 0.6) is 0 Å². The van der Waals surface area contributed by atoms with Crippen LogP contribution < -0.4 is 0 Å². The van der Waals surface area contributed by atoms with Gasteiger partial charge in [0.25, 0.3) is 0 Å². The second-order valence-electron chi connectivity index (χ2n) is 4.97. The van der Waals surface area contributed by atoms with Crippen LogP contribution in [-0.4, -0.2) is 10.1 Å². The Bertz CT molecular complexity index is 819. The topological polar surface area (TPSA) is 33.1 Å². The number of aryl methyl sites for hydroxylation is 1. The third-order valence-electron chi connectivity index (χ3n) is 3.43. The van der Waals surface area contributed by atoms with Gasteiger partial charge in [0, 0.05) is 21.7 Å². The Morgan fingerprint density at radius 3 is 2.67 bits per heavy atom. The van der Waals surface area contributed by atoms with Crippen molar-refractivity contribution in [3.05, 3.63) is 76.2 Å². The van der Waals surface area contributed by atoms with Crippen molar-refractivity contribution >= 4 is 22.5 Å². The van der Waals surface area contributed by atoms with Crippen molar-refractivity contribution in [2.45, 2.75) is 13.0 Å². The van der Waals surface area contributed by atoms with Crippen molar-refractivity contribution < 1.29 is 9.50 Å². The monoisotopic (exact) mass is 301 g/mol. The summed E-state index contributed by atoms with van der Waals surface area (Å²) in [6.07, 6.45) is -1.03. The molecule has 4 heteroatoms. The van der Waals surface area contributed by atoms with E-state index in [0.717, 1.165) is 16.6 Å². The second kappa shape index (κ2) is 5.43. The van der Waals surface area contributed by atoms with Gasteiger partial charge in [0.2, 0.25) is 0 Å². The number of nitrogens with zero attached hydrogens (tertiary/aromatic N) is 1. The van der Waals surface area contributed by atoms with Crippen LogP contribution in [0.15, 0.2) is 48.5 Å². The lowest BCUT2D eigenvalue weighted by molar-refractivity contribution is 0.215. The number of halogens is 2. The lowest BCUT2D eigenvalue weighted by Gasteiger charge is -2.13. The SMILES string of the molecule is Cc1ccc2cc(C(O)c3ccc(Cl)cc3F)ccc2n1. The van der Waals surface area contributed by atoms with Crippen LogP contribution in [0.1, 0.15) is 22.9 Å². The molecule has 2 nitrogen and oxygen atoms in total. The van der Waals surface area contributed by atoms with Crippen LogP contribution in [0.25, 0.3) is 10.9 Å². The molecule has 0 saturated carbocycles. The van der Waals surface area contributed by atoms with E-state index in [-0.39, 0.29) is 5.56 Å². The van der Waals surface area contributed by atoms with E-state index in [0.29, 0.717) is 10.6 Å². The van der Waals surface area contributed by atoms with Gasteiger partial charge in [0.15, 0.2) is 0 Å². The minimum absolute atomic E-state index is 0.207. The summed E-state index contributed by atoms with van der Waals surface area (Å²) in [7, 11) is 0. The van der Waals surface area contributed by atoms with Crippen molar-refractivity contribution in [3.8, 4) is 0 Å². The van der Waals surface area contributed by atoms with Crippen molar-refractivity contribution in [2.24, 2.45) is 0 Å². The first-order valence-corrected chi connectivity index (χ1v) is 6.93. The van der Waals surface area contributed by atoms with Crippen LogP contribution in [0, 0.1) is 12.7 Å². The van der Waals surface area contributed by atoms with E-state index in [4.69, 9.17) is 11.6 Å². The number of fused-ring (bicyclic) bond motifs is 1. The van der Waals surface area contributed by atoms with Crippen molar-refractivity contribution in [3.63, 3.8) is 0 Å². The van der Waals surface area contributed by atoms with E-state index in [1.54, 1.807) is 12.1 Å². The Balaban J connectivity index is 2.04. The average Bonchev–Trinajstić information content (AvgIpc) is 2.46. The zero-order valence-electron chi connectivity index (χ0n) is 11.3. The molecular weight excluding hydrogens is 289 g/mol. The molecule has 21 heavy (non-hydrogen) atoms. The fraction of sp³-hybridized carbons (Fsp3) is 0.118. The Labute approximate surface area is 126 Å². The number of rotatable bonds is 2. The van der Waals surface area contributed by atoms with Gasteiger partial charge < -0.3 is 5.11 Å². The van der Waals surface area contributed by atoms with Crippen LogP contribution >= 0.6 is 11.6 Å². The normalized spacial score (nSPS) is 12.6. The summed E-state index contributed by atoms with van der Waals surface area (Å²) in [6.45, 7) is 1.92. The molecular formula is C17H13ClFNO. The van der Waals surface area contributed by atoms with Gasteiger partial charge in [0.05, 0.1) is 5.52 Å². The molecule has 0 spiro atoms. The minimum Gasteiger partial charge on any atom is -0.384 e. The van der Waals surface area contributed by atoms with Gasteiger partial charge in [-0.2, -0.15) is 0 Å². The second-order valence-corrected chi connectivity index (χ2v) is 5.41. The molecule has 1 heterocycles. The fourth-order valence-electron chi connectivity index (χ4n) is 2.32. The first kappa shape index (κ1) is 14.0. The molecule has 0 saturated heterocycles. The molecule has 0 aliphatic carbocycles. The van der Waals surface area contributed by atoms with Crippen molar-refractivity contribution in [1.82, 2.24) is 4.98 Å². The summed E-state index contributed by atoms with van der Waals surface area (Å²) in [6, 6.07) is 13.5. The third kappa shape index (κ3) is 2.75. The molecule has 106 valence electrons. The van der Waals surface area contributed by atoms with E-state index < -0.39 is 11.9 Å². The molecule has 1 unspecified atom stereocenters. The summed E-state index contributed by atoms with van der Waals surface area (Å²) >= 11 is 5.73. The van der Waals surface area contributed by atoms with Gasteiger partial charge in [0.1, 0.15) is 11.9 Å². The summed E-state index contributed by atoms with van der Waals surface area (Å²) in [5.41, 5.74) is 2.61. The van der Waals surface area contributed by atoms with E-state index in [1.807, 2.05) is 31.2 Å². The number of aliphatic hydroxyl groups is 1. The lowest BCUT2D eigenvalue weighted by Crippen LogP contribution is -2.02. The van der Waals surface area contributed by atoms with E-state index in [2.05, 4.69) is 4.98 Å². The van der Waals surface area contributed by atoms with Gasteiger partial charge in [-0.05, 0) is 42.8 Å². The molecule has 0 fully saturated rings. The highest BCUT2D eigenvalue weighted by molar-refractivity contribution is 6.30. The van der Waals surface area contributed by atoms with Crippen LogP contribution in [0.4, 0.5) is 4.39 Å². The average molecular weight is 302 g/mol. The van der Waals surface area contributed by atoms with Crippen LogP contribution in [0.2, 0.25) is 5.02 Å². The number of benzene rings is 2. The smallest absolute Gasteiger partial charge is 0.130 e. The maximum Gasteiger partial charge on any atom is 0.130 e. The predicted molar refractivity (Wildman–Crippen MR) is 82.0 cm³/mol. The molecule has 1 N–H and O–H groups in total. The Morgan fingerprint density at radius 2 is 1.90 bits per heavy atom. The predicted octanol–water partition coefficient (Wildman–Crippen LogP) is 4.42. The molecule has 3 aromatic rings. The van der Waals surface area contributed by atoms with E-state index >= 15 is 0 Å². The molecule has 0 bridgehead atoms. The minimum atomic E-state index is -1.03. The summed E-state index contributed by atoms with van der Waals surface area (Å²) in [4.78, 5) is 4.40. The first-order chi connectivity index (χ1) is 10.0. The quantitative estimate of drug-likeness (QED) is 0.760. The highest BCUT2D eigenvalue weighted by Crippen LogP contribution is 2.28. The van der Waals surface area contributed by atoms with Gasteiger partial charge in [-0.1, -0.05) is 29.8 Å². The van der Waals surface area contributed by atoms with Gasteiger partial charge in [-0.25, -0.2) is 4.39 Å². The summed E-state index contributed by atoms with van der Waals surface area (Å²) in [5.74, 6) is -0.517. The third-order valence-corrected chi connectivity index (χ3v) is 3.66. The van der Waals surface area contributed by atoms with Gasteiger partial charge in [-0.3, -0.25) is 4.98 Å². The number of hydrogen-bond donors (Lipinski definition) is 1. The maximum atomic E-state index is 13.9. The molecule has 0 amide bonds. The van der Waals surface area contributed by atoms with Crippen LogP contribution in [0.3, 0.4) is 0 Å². The Morgan fingerprint density at radius 1 is 1.10 bits per heavy atom. The largest absolute Gasteiger partial charge is 0.384 e.